The van der Waals surface area contributed by atoms with E-state index in [2.05, 4.69) is 75.5 Å². The molecule has 0 aromatic carbocycles. The Morgan fingerprint density at radius 1 is 0.318 bits per heavy atom. The lowest BCUT2D eigenvalue weighted by molar-refractivity contribution is -0.167. The summed E-state index contributed by atoms with van der Waals surface area (Å²) in [7, 11) is 0. The third-order valence-electron chi connectivity index (χ3n) is 12.1. The standard InChI is InChI=1S/C60H104O6/c1-4-7-10-13-16-19-22-25-28-29-30-33-35-38-41-44-47-50-53-59(62)65-56-57(66-60(63)54-51-48-45-42-39-36-32-27-24-21-18-15-12-9-6-3)55-64-58(61)52-49-46-43-40-37-34-31-26-23-20-17-14-11-8-5-2/h9,12,15,17-18,20-21,23-24,26-27,32,57H,4-8,10-11,13-14,16,19,22,25,28-31,33-56H2,1-3H3/b12-9-,18-15-,20-17-,24-21-,26-23-,32-27-. The molecule has 0 bridgehead atoms. The monoisotopic (exact) mass is 921 g/mol. The second-order valence-corrected chi connectivity index (χ2v) is 18.6. The molecule has 0 saturated heterocycles. The summed E-state index contributed by atoms with van der Waals surface area (Å²) in [6.45, 7) is 6.46. The van der Waals surface area contributed by atoms with Crippen molar-refractivity contribution in [3.05, 3.63) is 72.9 Å². The van der Waals surface area contributed by atoms with Crippen LogP contribution in [-0.4, -0.2) is 37.2 Å². The third kappa shape index (κ3) is 51.8. The molecular weight excluding hydrogens is 817 g/mol. The molecule has 0 amide bonds. The highest BCUT2D eigenvalue weighted by atomic mass is 16.6. The van der Waals surface area contributed by atoms with Crippen molar-refractivity contribution in [2.75, 3.05) is 13.2 Å². The van der Waals surface area contributed by atoms with Gasteiger partial charge in [0.2, 0.25) is 0 Å². The number of hydrogen-bond acceptors (Lipinski definition) is 6. The van der Waals surface area contributed by atoms with Gasteiger partial charge in [0.15, 0.2) is 6.10 Å². The number of carbonyl (C=O) groups is 3. The van der Waals surface area contributed by atoms with Crippen molar-refractivity contribution in [1.29, 1.82) is 0 Å². The minimum Gasteiger partial charge on any atom is -0.462 e. The first-order chi connectivity index (χ1) is 32.5. The van der Waals surface area contributed by atoms with Gasteiger partial charge in [-0.25, -0.2) is 0 Å². The molecule has 6 heteroatoms. The first kappa shape index (κ1) is 62.8. The maximum absolute atomic E-state index is 12.8. The Morgan fingerprint density at radius 2 is 0.591 bits per heavy atom. The van der Waals surface area contributed by atoms with Gasteiger partial charge >= 0.3 is 17.9 Å². The van der Waals surface area contributed by atoms with E-state index in [4.69, 9.17) is 14.2 Å². The largest absolute Gasteiger partial charge is 0.462 e. The number of rotatable bonds is 50. The summed E-state index contributed by atoms with van der Waals surface area (Å²) in [4.78, 5) is 38.1. The number of carbonyl (C=O) groups excluding carboxylic acids is 3. The summed E-state index contributed by atoms with van der Waals surface area (Å²) < 4.78 is 16.8. The first-order valence-corrected chi connectivity index (χ1v) is 28.0. The minimum atomic E-state index is -0.791. The molecule has 0 radical (unpaired) electrons. The van der Waals surface area contributed by atoms with E-state index in [1.807, 2.05) is 18.2 Å². The molecule has 0 aliphatic heterocycles. The van der Waals surface area contributed by atoms with Crippen LogP contribution >= 0.6 is 0 Å². The van der Waals surface area contributed by atoms with Crippen LogP contribution in [0.25, 0.3) is 0 Å². The van der Waals surface area contributed by atoms with Gasteiger partial charge in [0, 0.05) is 19.3 Å². The molecule has 6 nitrogen and oxygen atoms in total. The number of hydrogen-bond donors (Lipinski definition) is 0. The van der Waals surface area contributed by atoms with Crippen LogP contribution in [0, 0.1) is 0 Å². The molecule has 0 aliphatic rings. The van der Waals surface area contributed by atoms with Crippen molar-refractivity contribution >= 4 is 17.9 Å². The molecule has 0 spiro atoms. The van der Waals surface area contributed by atoms with Gasteiger partial charge in [0.1, 0.15) is 13.2 Å². The Morgan fingerprint density at radius 3 is 0.970 bits per heavy atom. The average Bonchev–Trinajstić information content (AvgIpc) is 3.31. The Kier molecular flexibility index (Phi) is 51.9. The highest BCUT2D eigenvalue weighted by Gasteiger charge is 2.19. The van der Waals surface area contributed by atoms with Gasteiger partial charge in [-0.15, -0.1) is 0 Å². The van der Waals surface area contributed by atoms with E-state index in [9.17, 15) is 14.4 Å². The fraction of sp³-hybridized carbons (Fsp3) is 0.750. The van der Waals surface area contributed by atoms with Crippen molar-refractivity contribution in [2.45, 2.75) is 277 Å². The van der Waals surface area contributed by atoms with Crippen LogP contribution in [0.2, 0.25) is 0 Å². The predicted molar refractivity (Wildman–Crippen MR) is 284 cm³/mol. The predicted octanol–water partition coefficient (Wildman–Crippen LogP) is 18.6. The third-order valence-corrected chi connectivity index (χ3v) is 12.1. The van der Waals surface area contributed by atoms with Crippen molar-refractivity contribution < 1.29 is 28.6 Å². The van der Waals surface area contributed by atoms with Crippen LogP contribution < -0.4 is 0 Å². The van der Waals surface area contributed by atoms with E-state index < -0.39 is 6.10 Å². The highest BCUT2D eigenvalue weighted by molar-refractivity contribution is 5.71. The summed E-state index contributed by atoms with van der Waals surface area (Å²) in [6.07, 6.45) is 68.8. The van der Waals surface area contributed by atoms with Gasteiger partial charge < -0.3 is 14.2 Å². The number of esters is 3. The molecule has 0 saturated carbocycles. The molecule has 0 aromatic heterocycles. The van der Waals surface area contributed by atoms with Gasteiger partial charge in [0.25, 0.3) is 0 Å². The van der Waals surface area contributed by atoms with Crippen LogP contribution in [0.3, 0.4) is 0 Å². The van der Waals surface area contributed by atoms with Crippen molar-refractivity contribution in [1.82, 2.24) is 0 Å². The molecule has 66 heavy (non-hydrogen) atoms. The van der Waals surface area contributed by atoms with Gasteiger partial charge in [-0.05, 0) is 64.2 Å². The molecule has 380 valence electrons. The van der Waals surface area contributed by atoms with Crippen LogP contribution in [0.15, 0.2) is 72.9 Å². The van der Waals surface area contributed by atoms with E-state index in [0.29, 0.717) is 19.3 Å². The fourth-order valence-corrected chi connectivity index (χ4v) is 7.86. The SMILES string of the molecule is CC\C=C/C=C\C=C/C=C\CCCCCCCC(=O)OC(COC(=O)CCCCCCCC/C=C\C=C/CCCCC)COC(=O)CCCCCCCCCCCCCCCCCCCC. The lowest BCUT2D eigenvalue weighted by Gasteiger charge is -2.18. The Hall–Kier alpha value is -3.15. The van der Waals surface area contributed by atoms with E-state index in [-0.39, 0.29) is 31.1 Å². The topological polar surface area (TPSA) is 78.9 Å². The zero-order valence-electron chi connectivity index (χ0n) is 43.4. The normalized spacial score (nSPS) is 12.6. The van der Waals surface area contributed by atoms with Gasteiger partial charge in [0.05, 0.1) is 0 Å². The maximum atomic E-state index is 12.8. The van der Waals surface area contributed by atoms with E-state index >= 15 is 0 Å². The average molecular weight is 921 g/mol. The van der Waals surface area contributed by atoms with E-state index in [1.165, 1.54) is 141 Å². The molecule has 0 aromatic rings. The molecule has 0 N–H and O–H groups in total. The molecule has 0 fully saturated rings. The van der Waals surface area contributed by atoms with Gasteiger partial charge in [-0.1, -0.05) is 261 Å². The van der Waals surface area contributed by atoms with E-state index in [0.717, 1.165) is 89.9 Å². The molecule has 0 heterocycles. The van der Waals surface area contributed by atoms with Gasteiger partial charge in [-0.2, -0.15) is 0 Å². The summed E-state index contributed by atoms with van der Waals surface area (Å²) in [6, 6.07) is 0. The van der Waals surface area contributed by atoms with Crippen molar-refractivity contribution in [3.8, 4) is 0 Å². The molecular formula is C60H104O6. The lowest BCUT2D eigenvalue weighted by atomic mass is 10.0. The number of unbranched alkanes of at least 4 members (excludes halogenated alkanes) is 31. The second-order valence-electron chi connectivity index (χ2n) is 18.6. The first-order valence-electron chi connectivity index (χ1n) is 28.0. The zero-order valence-corrected chi connectivity index (χ0v) is 43.4. The summed E-state index contributed by atoms with van der Waals surface area (Å²) >= 11 is 0. The Bertz CT molecular complexity index is 1240. The molecule has 1 unspecified atom stereocenters. The van der Waals surface area contributed by atoms with Crippen LogP contribution in [0.4, 0.5) is 0 Å². The zero-order chi connectivity index (χ0) is 47.9. The van der Waals surface area contributed by atoms with E-state index in [1.54, 1.807) is 0 Å². The van der Waals surface area contributed by atoms with Crippen molar-refractivity contribution in [2.24, 2.45) is 0 Å². The van der Waals surface area contributed by atoms with Crippen molar-refractivity contribution in [3.63, 3.8) is 0 Å². The summed E-state index contributed by atoms with van der Waals surface area (Å²) in [5.41, 5.74) is 0. The van der Waals surface area contributed by atoms with Crippen LogP contribution in [0.5, 0.6) is 0 Å². The second kappa shape index (κ2) is 54.5. The molecule has 0 rings (SSSR count). The van der Waals surface area contributed by atoms with Crippen LogP contribution in [-0.2, 0) is 28.6 Å². The van der Waals surface area contributed by atoms with Crippen LogP contribution in [0.1, 0.15) is 271 Å². The summed E-state index contributed by atoms with van der Waals surface area (Å²) in [5, 5.41) is 0. The molecule has 1 atom stereocenters. The smallest absolute Gasteiger partial charge is 0.306 e. The molecule has 0 aliphatic carbocycles. The Labute approximate surface area is 408 Å². The highest BCUT2D eigenvalue weighted by Crippen LogP contribution is 2.16. The minimum absolute atomic E-state index is 0.0871. The number of allylic oxidation sites excluding steroid dienone is 12. The summed E-state index contributed by atoms with van der Waals surface area (Å²) in [5.74, 6) is -0.914. The maximum Gasteiger partial charge on any atom is 0.306 e. The van der Waals surface area contributed by atoms with Gasteiger partial charge in [-0.3, -0.25) is 14.4 Å². The lowest BCUT2D eigenvalue weighted by Crippen LogP contribution is -2.30. The quantitative estimate of drug-likeness (QED) is 0.0262. The fourth-order valence-electron chi connectivity index (χ4n) is 7.86. The number of ether oxygens (including phenoxy) is 3. The Balaban J connectivity index is 4.40.